The van der Waals surface area contributed by atoms with E-state index < -0.39 is 0 Å². The number of amides is 2. The lowest BCUT2D eigenvalue weighted by molar-refractivity contribution is -0.140. The van der Waals surface area contributed by atoms with Gasteiger partial charge in [0.25, 0.3) is 11.8 Å². The fourth-order valence-corrected chi connectivity index (χ4v) is 4.89. The highest BCUT2D eigenvalue weighted by molar-refractivity contribution is 9.10. The Labute approximate surface area is 135 Å². The van der Waals surface area contributed by atoms with E-state index >= 15 is 0 Å². The molecule has 3 fully saturated rings. The van der Waals surface area contributed by atoms with Gasteiger partial charge in [0.05, 0.1) is 18.1 Å². The summed E-state index contributed by atoms with van der Waals surface area (Å²) in [4.78, 5) is 25.3. The molecule has 6 heteroatoms. The van der Waals surface area contributed by atoms with Crippen LogP contribution in [0.1, 0.15) is 12.2 Å². The summed E-state index contributed by atoms with van der Waals surface area (Å²) in [6.07, 6.45) is 6.90. The van der Waals surface area contributed by atoms with Crippen molar-refractivity contribution in [2.75, 3.05) is 0 Å². The molecule has 0 spiro atoms. The lowest BCUT2D eigenvalue weighted by Gasteiger charge is -2.37. The second-order valence-corrected chi connectivity index (χ2v) is 7.31. The number of carbonyl (C=O) groups is 2. The number of rotatable bonds is 2. The van der Waals surface area contributed by atoms with Crippen LogP contribution in [-0.2, 0) is 9.59 Å². The first-order valence-corrected chi connectivity index (χ1v) is 8.30. The zero-order valence-electron chi connectivity index (χ0n) is 11.6. The SMILES string of the molecule is O=C1[C@@H]2[C@@H]3C=C[C@H]([C@H]4C[C@H]34)[C@@H]2C(=O)N1/N=C/c1ccc(Br)o1. The number of halogens is 1. The molecule has 112 valence electrons. The molecule has 5 aliphatic rings. The Hall–Kier alpha value is -1.69. The Morgan fingerprint density at radius 1 is 1.14 bits per heavy atom. The Kier molecular flexibility index (Phi) is 2.44. The number of imide groups is 1. The van der Waals surface area contributed by atoms with Crippen LogP contribution in [0.3, 0.4) is 0 Å². The summed E-state index contributed by atoms with van der Waals surface area (Å²) in [6, 6.07) is 3.47. The molecule has 2 bridgehead atoms. The molecule has 0 aromatic carbocycles. The summed E-state index contributed by atoms with van der Waals surface area (Å²) in [5.74, 6) is 1.48. The summed E-state index contributed by atoms with van der Waals surface area (Å²) in [5, 5.41) is 5.16. The Bertz CT molecular complexity index is 716. The number of hydrogen-bond donors (Lipinski definition) is 0. The van der Waals surface area contributed by atoms with Gasteiger partial charge in [-0.3, -0.25) is 9.59 Å². The largest absolute Gasteiger partial charge is 0.448 e. The maximum absolute atomic E-state index is 12.6. The third-order valence-corrected chi connectivity index (χ3v) is 5.96. The standard InChI is InChI=1S/C16H13BrN2O3/c17-12-4-1-7(22-12)6-18-19-15(20)13-8-2-3-9(11-5-10(8)11)14(13)16(19)21/h1-4,6,8-11,13-14H,5H2/b18-6+/t8-,9-,10-,11-,13-,14+/m1/s1. The Morgan fingerprint density at radius 3 is 2.32 bits per heavy atom. The van der Waals surface area contributed by atoms with E-state index in [2.05, 4.69) is 33.2 Å². The van der Waals surface area contributed by atoms with Gasteiger partial charge < -0.3 is 4.42 Å². The first kappa shape index (κ1) is 12.8. The molecule has 0 unspecified atom stereocenters. The summed E-state index contributed by atoms with van der Waals surface area (Å²) >= 11 is 3.21. The van der Waals surface area contributed by atoms with Crippen molar-refractivity contribution in [1.82, 2.24) is 5.01 Å². The molecule has 1 aliphatic heterocycles. The highest BCUT2D eigenvalue weighted by Crippen LogP contribution is 2.65. The van der Waals surface area contributed by atoms with Gasteiger partial charge in [0.15, 0.2) is 4.67 Å². The Balaban J connectivity index is 1.46. The second-order valence-electron chi connectivity index (χ2n) is 6.53. The molecule has 2 saturated carbocycles. The van der Waals surface area contributed by atoms with Crippen LogP contribution >= 0.6 is 15.9 Å². The van der Waals surface area contributed by atoms with Crippen molar-refractivity contribution in [1.29, 1.82) is 0 Å². The van der Waals surface area contributed by atoms with E-state index in [4.69, 9.17) is 4.42 Å². The van der Waals surface area contributed by atoms with E-state index in [1.54, 1.807) is 12.1 Å². The monoisotopic (exact) mass is 360 g/mol. The van der Waals surface area contributed by atoms with Gasteiger partial charge in [0.2, 0.25) is 0 Å². The summed E-state index contributed by atoms with van der Waals surface area (Å²) in [5.41, 5.74) is 0. The molecule has 1 aromatic heterocycles. The lowest BCUT2D eigenvalue weighted by Crippen LogP contribution is -2.40. The van der Waals surface area contributed by atoms with Crippen LogP contribution in [0.2, 0.25) is 0 Å². The average molecular weight is 361 g/mol. The van der Waals surface area contributed by atoms with Gasteiger partial charge in [-0.15, -0.1) is 0 Å². The fraction of sp³-hybridized carbons (Fsp3) is 0.438. The van der Waals surface area contributed by atoms with E-state index in [0.29, 0.717) is 22.3 Å². The minimum Gasteiger partial charge on any atom is -0.448 e. The van der Waals surface area contributed by atoms with Gasteiger partial charge in [-0.1, -0.05) is 12.2 Å². The van der Waals surface area contributed by atoms with Crippen LogP contribution in [-0.4, -0.2) is 23.0 Å². The van der Waals surface area contributed by atoms with Crippen LogP contribution in [0.15, 0.2) is 38.5 Å². The number of hydrazone groups is 1. The van der Waals surface area contributed by atoms with E-state index in [1.807, 2.05) is 0 Å². The van der Waals surface area contributed by atoms with Crippen LogP contribution in [0, 0.1) is 35.5 Å². The maximum Gasteiger partial charge on any atom is 0.254 e. The normalized spacial score (nSPS) is 41.4. The smallest absolute Gasteiger partial charge is 0.254 e. The van der Waals surface area contributed by atoms with Crippen molar-refractivity contribution in [3.05, 3.63) is 34.7 Å². The van der Waals surface area contributed by atoms with Gasteiger partial charge in [-0.2, -0.15) is 10.1 Å². The molecule has 0 N–H and O–H groups in total. The molecule has 1 saturated heterocycles. The van der Waals surface area contributed by atoms with Crippen molar-refractivity contribution >= 4 is 34.0 Å². The predicted octanol–water partition coefficient (Wildman–Crippen LogP) is 2.43. The highest BCUT2D eigenvalue weighted by Gasteiger charge is 2.67. The van der Waals surface area contributed by atoms with Crippen molar-refractivity contribution in [3.8, 4) is 0 Å². The number of allylic oxidation sites excluding steroid dienone is 2. The van der Waals surface area contributed by atoms with Gasteiger partial charge in [0, 0.05) is 0 Å². The van der Waals surface area contributed by atoms with E-state index in [0.717, 1.165) is 5.01 Å². The van der Waals surface area contributed by atoms with Crippen LogP contribution < -0.4 is 0 Å². The molecule has 2 heterocycles. The molecule has 1 aromatic rings. The molecule has 4 aliphatic carbocycles. The van der Waals surface area contributed by atoms with E-state index in [-0.39, 0.29) is 35.5 Å². The quantitative estimate of drug-likeness (QED) is 0.462. The summed E-state index contributed by atoms with van der Waals surface area (Å²) in [6.45, 7) is 0. The maximum atomic E-state index is 12.6. The summed E-state index contributed by atoms with van der Waals surface area (Å²) < 4.78 is 5.90. The van der Waals surface area contributed by atoms with Crippen molar-refractivity contribution in [2.45, 2.75) is 6.42 Å². The van der Waals surface area contributed by atoms with Crippen LogP contribution in [0.4, 0.5) is 0 Å². The Morgan fingerprint density at radius 2 is 1.77 bits per heavy atom. The molecule has 0 radical (unpaired) electrons. The predicted molar refractivity (Wildman–Crippen MR) is 80.6 cm³/mol. The van der Waals surface area contributed by atoms with Gasteiger partial charge in [0.1, 0.15) is 5.76 Å². The van der Waals surface area contributed by atoms with Crippen LogP contribution in [0.5, 0.6) is 0 Å². The minimum absolute atomic E-state index is 0.151. The highest BCUT2D eigenvalue weighted by atomic mass is 79.9. The first-order valence-electron chi connectivity index (χ1n) is 7.50. The topological polar surface area (TPSA) is 62.9 Å². The first-order chi connectivity index (χ1) is 10.6. The van der Waals surface area contributed by atoms with Crippen LogP contribution in [0.25, 0.3) is 0 Å². The number of hydrogen-bond acceptors (Lipinski definition) is 4. The summed E-state index contributed by atoms with van der Waals surface area (Å²) in [7, 11) is 0. The third kappa shape index (κ3) is 1.56. The number of furan rings is 1. The zero-order valence-corrected chi connectivity index (χ0v) is 13.1. The fourth-order valence-electron chi connectivity index (χ4n) is 4.57. The van der Waals surface area contributed by atoms with E-state index in [1.165, 1.54) is 12.6 Å². The lowest BCUT2D eigenvalue weighted by atomic mass is 9.63. The van der Waals surface area contributed by atoms with Gasteiger partial charge >= 0.3 is 0 Å². The zero-order chi connectivity index (χ0) is 15.0. The van der Waals surface area contributed by atoms with Crippen molar-refractivity contribution in [3.63, 3.8) is 0 Å². The molecule has 5 nitrogen and oxygen atoms in total. The minimum atomic E-state index is -0.202. The average Bonchev–Trinajstić information content (AvgIpc) is 3.19. The molecule has 6 atom stereocenters. The number of carbonyl (C=O) groups excluding carboxylic acids is 2. The molecule has 22 heavy (non-hydrogen) atoms. The van der Waals surface area contributed by atoms with Crippen molar-refractivity contribution < 1.29 is 14.0 Å². The molecular formula is C16H13BrN2O3. The molecule has 6 rings (SSSR count). The van der Waals surface area contributed by atoms with E-state index in [9.17, 15) is 9.59 Å². The van der Waals surface area contributed by atoms with Gasteiger partial charge in [-0.25, -0.2) is 0 Å². The van der Waals surface area contributed by atoms with Gasteiger partial charge in [-0.05, 0) is 58.2 Å². The van der Waals surface area contributed by atoms with Crippen molar-refractivity contribution in [2.24, 2.45) is 40.6 Å². The number of nitrogens with zero attached hydrogens (tertiary/aromatic N) is 2. The third-order valence-electron chi connectivity index (χ3n) is 5.53. The molecule has 2 amide bonds. The molecular weight excluding hydrogens is 348 g/mol. The second kappa shape index (κ2) is 4.19.